The molecule has 18 heavy (non-hydrogen) atoms. The standard InChI is InChI=1S/C14H18N2O2/c17-13(18)16-8-4-7-14(16)10-15(11-14)9-12-5-2-1-3-6-12/h1-3,5-6H,4,7-11H2,(H,17,18). The average Bonchev–Trinajstić information content (AvgIpc) is 2.74. The van der Waals surface area contributed by atoms with E-state index in [0.29, 0.717) is 6.54 Å². The Morgan fingerprint density at radius 1 is 1.28 bits per heavy atom. The molecule has 2 saturated heterocycles. The minimum Gasteiger partial charge on any atom is -0.465 e. The Morgan fingerprint density at radius 3 is 2.67 bits per heavy atom. The summed E-state index contributed by atoms with van der Waals surface area (Å²) in [5.74, 6) is 0. The highest BCUT2D eigenvalue weighted by Gasteiger charge is 2.51. The molecule has 0 atom stereocenters. The highest BCUT2D eigenvalue weighted by atomic mass is 16.4. The number of hydrogen-bond acceptors (Lipinski definition) is 2. The van der Waals surface area contributed by atoms with Crippen LogP contribution in [0.5, 0.6) is 0 Å². The third-order valence-corrected chi connectivity index (χ3v) is 4.11. The number of amides is 1. The van der Waals surface area contributed by atoms with Gasteiger partial charge in [-0.1, -0.05) is 30.3 Å². The molecule has 0 unspecified atom stereocenters. The highest BCUT2D eigenvalue weighted by molar-refractivity contribution is 5.67. The van der Waals surface area contributed by atoms with Crippen LogP contribution in [0.3, 0.4) is 0 Å². The van der Waals surface area contributed by atoms with Crippen molar-refractivity contribution in [2.75, 3.05) is 19.6 Å². The van der Waals surface area contributed by atoms with E-state index in [4.69, 9.17) is 0 Å². The van der Waals surface area contributed by atoms with Crippen LogP contribution in [0.25, 0.3) is 0 Å². The maximum absolute atomic E-state index is 11.2. The summed E-state index contributed by atoms with van der Waals surface area (Å²) in [5, 5.41) is 9.20. The van der Waals surface area contributed by atoms with E-state index < -0.39 is 6.09 Å². The predicted octanol–water partition coefficient (Wildman–Crippen LogP) is 2.01. The lowest BCUT2D eigenvalue weighted by atomic mass is 9.86. The smallest absolute Gasteiger partial charge is 0.407 e. The number of likely N-dealkylation sites (tertiary alicyclic amines) is 2. The molecule has 1 spiro atoms. The van der Waals surface area contributed by atoms with Gasteiger partial charge in [-0.3, -0.25) is 4.90 Å². The molecule has 96 valence electrons. The van der Waals surface area contributed by atoms with Gasteiger partial charge in [0.05, 0.1) is 5.54 Å². The lowest BCUT2D eigenvalue weighted by Crippen LogP contribution is -2.68. The summed E-state index contributed by atoms with van der Waals surface area (Å²) < 4.78 is 0. The Morgan fingerprint density at radius 2 is 2.00 bits per heavy atom. The normalized spacial score (nSPS) is 22.1. The molecular formula is C14H18N2O2. The molecule has 0 saturated carbocycles. The van der Waals surface area contributed by atoms with E-state index in [0.717, 1.165) is 32.5 Å². The van der Waals surface area contributed by atoms with Crippen molar-refractivity contribution in [2.24, 2.45) is 0 Å². The topological polar surface area (TPSA) is 43.8 Å². The monoisotopic (exact) mass is 246 g/mol. The van der Waals surface area contributed by atoms with Gasteiger partial charge >= 0.3 is 6.09 Å². The number of carbonyl (C=O) groups is 1. The SMILES string of the molecule is O=C(O)N1CCCC12CN(Cc1ccccc1)C2. The van der Waals surface area contributed by atoms with Crippen molar-refractivity contribution in [3.05, 3.63) is 35.9 Å². The van der Waals surface area contributed by atoms with Gasteiger partial charge in [-0.15, -0.1) is 0 Å². The van der Waals surface area contributed by atoms with Gasteiger partial charge in [0, 0.05) is 26.2 Å². The van der Waals surface area contributed by atoms with E-state index in [-0.39, 0.29) is 5.54 Å². The molecule has 2 fully saturated rings. The van der Waals surface area contributed by atoms with Gasteiger partial charge in [0.2, 0.25) is 0 Å². The van der Waals surface area contributed by atoms with Crippen molar-refractivity contribution in [3.63, 3.8) is 0 Å². The van der Waals surface area contributed by atoms with Gasteiger partial charge in [-0.2, -0.15) is 0 Å². The lowest BCUT2D eigenvalue weighted by molar-refractivity contribution is -0.0243. The van der Waals surface area contributed by atoms with Crippen LogP contribution >= 0.6 is 0 Å². The molecule has 1 amide bonds. The molecular weight excluding hydrogens is 228 g/mol. The average molecular weight is 246 g/mol. The number of nitrogens with zero attached hydrogens (tertiary/aromatic N) is 2. The van der Waals surface area contributed by atoms with Gasteiger partial charge in [0.15, 0.2) is 0 Å². The zero-order chi connectivity index (χ0) is 12.6. The second kappa shape index (κ2) is 4.28. The van der Waals surface area contributed by atoms with Crippen LogP contribution in [0.4, 0.5) is 4.79 Å². The van der Waals surface area contributed by atoms with E-state index >= 15 is 0 Å². The fourth-order valence-corrected chi connectivity index (χ4v) is 3.31. The zero-order valence-electron chi connectivity index (χ0n) is 10.4. The van der Waals surface area contributed by atoms with Crippen LogP contribution in [-0.4, -0.2) is 46.2 Å². The van der Waals surface area contributed by atoms with Crippen LogP contribution in [0.1, 0.15) is 18.4 Å². The molecule has 2 aliphatic rings. The molecule has 0 aliphatic carbocycles. The van der Waals surface area contributed by atoms with Crippen molar-refractivity contribution in [3.8, 4) is 0 Å². The first kappa shape index (κ1) is 11.5. The summed E-state index contributed by atoms with van der Waals surface area (Å²) in [6.45, 7) is 3.40. The predicted molar refractivity (Wildman–Crippen MR) is 68.4 cm³/mol. The van der Waals surface area contributed by atoms with E-state index in [1.807, 2.05) is 18.2 Å². The highest BCUT2D eigenvalue weighted by Crippen LogP contribution is 2.38. The van der Waals surface area contributed by atoms with Crippen molar-refractivity contribution >= 4 is 6.09 Å². The Labute approximate surface area is 107 Å². The first-order valence-electron chi connectivity index (χ1n) is 6.46. The van der Waals surface area contributed by atoms with E-state index in [1.165, 1.54) is 5.56 Å². The fraction of sp³-hybridized carbons (Fsp3) is 0.500. The molecule has 0 aromatic heterocycles. The summed E-state index contributed by atoms with van der Waals surface area (Å²) in [5.41, 5.74) is 1.22. The van der Waals surface area contributed by atoms with Crippen LogP contribution in [-0.2, 0) is 6.54 Å². The maximum atomic E-state index is 11.2. The number of carboxylic acid groups (broad SMARTS) is 1. The lowest BCUT2D eigenvalue weighted by Gasteiger charge is -2.52. The van der Waals surface area contributed by atoms with Crippen LogP contribution in [0.15, 0.2) is 30.3 Å². The number of rotatable bonds is 2. The summed E-state index contributed by atoms with van der Waals surface area (Å²) in [4.78, 5) is 15.2. The van der Waals surface area contributed by atoms with Crippen molar-refractivity contribution in [1.29, 1.82) is 0 Å². The second-order valence-corrected chi connectivity index (χ2v) is 5.39. The maximum Gasteiger partial charge on any atom is 0.407 e. The summed E-state index contributed by atoms with van der Waals surface area (Å²) in [6, 6.07) is 10.3. The molecule has 4 nitrogen and oxygen atoms in total. The Hall–Kier alpha value is -1.55. The quantitative estimate of drug-likeness (QED) is 0.868. The summed E-state index contributed by atoms with van der Waals surface area (Å²) >= 11 is 0. The summed E-state index contributed by atoms with van der Waals surface area (Å²) in [7, 11) is 0. The molecule has 0 bridgehead atoms. The molecule has 4 heteroatoms. The van der Waals surface area contributed by atoms with Gasteiger partial charge in [0.1, 0.15) is 0 Å². The minimum absolute atomic E-state index is 0.0827. The first-order chi connectivity index (χ1) is 8.70. The minimum atomic E-state index is -0.758. The third kappa shape index (κ3) is 1.86. The second-order valence-electron chi connectivity index (χ2n) is 5.39. The van der Waals surface area contributed by atoms with E-state index in [2.05, 4.69) is 17.0 Å². The van der Waals surface area contributed by atoms with E-state index in [1.54, 1.807) is 4.90 Å². The third-order valence-electron chi connectivity index (χ3n) is 4.11. The Balaban J connectivity index is 1.61. The van der Waals surface area contributed by atoms with Gasteiger partial charge in [-0.05, 0) is 18.4 Å². The number of benzene rings is 1. The fourth-order valence-electron chi connectivity index (χ4n) is 3.31. The molecule has 0 radical (unpaired) electrons. The Kier molecular flexibility index (Phi) is 2.74. The van der Waals surface area contributed by atoms with Crippen molar-refractivity contribution < 1.29 is 9.90 Å². The number of hydrogen-bond donors (Lipinski definition) is 1. The molecule has 3 rings (SSSR count). The van der Waals surface area contributed by atoms with E-state index in [9.17, 15) is 9.90 Å². The molecule has 1 aromatic rings. The van der Waals surface area contributed by atoms with Crippen molar-refractivity contribution in [2.45, 2.75) is 24.9 Å². The molecule has 1 N–H and O–H groups in total. The van der Waals surface area contributed by atoms with Gasteiger partial charge in [-0.25, -0.2) is 4.79 Å². The van der Waals surface area contributed by atoms with Crippen LogP contribution in [0, 0.1) is 0 Å². The van der Waals surface area contributed by atoms with Crippen LogP contribution < -0.4 is 0 Å². The van der Waals surface area contributed by atoms with Crippen molar-refractivity contribution in [1.82, 2.24) is 9.80 Å². The Bertz CT molecular complexity index is 440. The largest absolute Gasteiger partial charge is 0.465 e. The molecule has 2 heterocycles. The van der Waals surface area contributed by atoms with Gasteiger partial charge in [0.25, 0.3) is 0 Å². The van der Waals surface area contributed by atoms with Crippen LogP contribution in [0.2, 0.25) is 0 Å². The van der Waals surface area contributed by atoms with Gasteiger partial charge < -0.3 is 10.0 Å². The molecule has 2 aliphatic heterocycles. The summed E-state index contributed by atoms with van der Waals surface area (Å²) in [6.07, 6.45) is 1.27. The zero-order valence-corrected chi connectivity index (χ0v) is 10.4. The molecule has 1 aromatic carbocycles. The first-order valence-corrected chi connectivity index (χ1v) is 6.46.